The van der Waals surface area contributed by atoms with Crippen molar-refractivity contribution in [3.8, 4) is 0 Å². The second kappa shape index (κ2) is 6.75. The van der Waals surface area contributed by atoms with Crippen LogP contribution >= 0.6 is 12.2 Å². The predicted octanol–water partition coefficient (Wildman–Crippen LogP) is 1.19. The summed E-state index contributed by atoms with van der Waals surface area (Å²) in [6.07, 6.45) is 3.42. The maximum absolute atomic E-state index is 11.7. The van der Waals surface area contributed by atoms with Crippen molar-refractivity contribution in [3.05, 3.63) is 24.2 Å². The Morgan fingerprint density at radius 2 is 2.40 bits per heavy atom. The van der Waals surface area contributed by atoms with Crippen LogP contribution in [0.5, 0.6) is 0 Å². The first-order valence-corrected chi connectivity index (χ1v) is 6.53. The third-order valence-electron chi connectivity index (χ3n) is 2.36. The average Bonchev–Trinajstić information content (AvgIpc) is 3.07. The quantitative estimate of drug-likeness (QED) is 0.799. The summed E-state index contributed by atoms with van der Waals surface area (Å²) < 4.78 is 4.95. The number of anilines is 1. The third kappa shape index (κ3) is 3.85. The summed E-state index contributed by atoms with van der Waals surface area (Å²) in [6, 6.07) is 3.16. The van der Waals surface area contributed by atoms with Crippen LogP contribution in [0.15, 0.2) is 22.8 Å². The molecule has 0 aromatic carbocycles. The van der Waals surface area contributed by atoms with Crippen LogP contribution in [0.25, 0.3) is 0 Å². The molecule has 0 saturated heterocycles. The molecule has 0 unspecified atom stereocenters. The van der Waals surface area contributed by atoms with E-state index in [2.05, 4.69) is 33.0 Å². The largest absolute Gasteiger partial charge is 0.459 e. The van der Waals surface area contributed by atoms with Gasteiger partial charge in [0.15, 0.2) is 10.9 Å². The summed E-state index contributed by atoms with van der Waals surface area (Å²) in [5.41, 5.74) is 0. The highest BCUT2D eigenvalue weighted by atomic mass is 32.1. The first-order chi connectivity index (χ1) is 9.69. The Kier molecular flexibility index (Phi) is 4.77. The van der Waals surface area contributed by atoms with Gasteiger partial charge in [-0.25, -0.2) is 0 Å². The van der Waals surface area contributed by atoms with E-state index in [1.54, 1.807) is 6.07 Å². The Balaban J connectivity index is 1.85. The van der Waals surface area contributed by atoms with Gasteiger partial charge in [-0.2, -0.15) is 4.80 Å². The number of aromatic nitrogens is 4. The van der Waals surface area contributed by atoms with Gasteiger partial charge in [-0.05, 0) is 36.0 Å². The number of nitrogens with one attached hydrogen (secondary N) is 2. The minimum Gasteiger partial charge on any atom is -0.459 e. The smallest absolute Gasteiger partial charge is 0.293 e. The van der Waals surface area contributed by atoms with Crippen molar-refractivity contribution < 1.29 is 9.21 Å². The zero-order valence-corrected chi connectivity index (χ0v) is 11.7. The van der Waals surface area contributed by atoms with E-state index in [0.29, 0.717) is 6.54 Å². The van der Waals surface area contributed by atoms with E-state index in [1.807, 2.05) is 0 Å². The van der Waals surface area contributed by atoms with E-state index in [0.717, 1.165) is 12.8 Å². The van der Waals surface area contributed by atoms with E-state index >= 15 is 0 Å². The molecule has 0 fully saturated rings. The van der Waals surface area contributed by atoms with Crippen molar-refractivity contribution in [1.82, 2.24) is 25.5 Å². The third-order valence-corrected chi connectivity index (χ3v) is 2.57. The van der Waals surface area contributed by atoms with Crippen LogP contribution in [-0.4, -0.2) is 31.2 Å². The van der Waals surface area contributed by atoms with E-state index < -0.39 is 5.91 Å². The minimum atomic E-state index is -0.439. The maximum atomic E-state index is 11.7. The molecule has 9 heteroatoms. The van der Waals surface area contributed by atoms with Gasteiger partial charge >= 0.3 is 0 Å². The number of nitrogens with zero attached hydrogens (tertiary/aromatic N) is 4. The van der Waals surface area contributed by atoms with Crippen LogP contribution in [0.1, 0.15) is 30.3 Å². The lowest BCUT2D eigenvalue weighted by atomic mass is 10.3. The Hall–Kier alpha value is -2.29. The van der Waals surface area contributed by atoms with Gasteiger partial charge in [-0.15, -0.1) is 5.10 Å². The van der Waals surface area contributed by atoms with Gasteiger partial charge in [0.25, 0.3) is 11.9 Å². The maximum Gasteiger partial charge on any atom is 0.293 e. The normalized spacial score (nSPS) is 10.2. The summed E-state index contributed by atoms with van der Waals surface area (Å²) in [4.78, 5) is 13.1. The molecule has 1 amide bonds. The van der Waals surface area contributed by atoms with Gasteiger partial charge in [-0.1, -0.05) is 18.4 Å². The Bertz CT molecular complexity index is 580. The zero-order valence-electron chi connectivity index (χ0n) is 10.9. The average molecular weight is 294 g/mol. The van der Waals surface area contributed by atoms with E-state index in [1.165, 1.54) is 17.1 Å². The standard InChI is InChI=1S/C11H14N6O2S/c1-2-3-6-17-15-10(14-16-17)13-11(20)12-9(18)8-5-4-7-19-8/h4-5,7H,2-3,6H2,1H3,(H2,12,13,15,18,20). The lowest BCUT2D eigenvalue weighted by Gasteiger charge is -2.04. The van der Waals surface area contributed by atoms with Crippen molar-refractivity contribution in [1.29, 1.82) is 0 Å². The molecule has 0 atom stereocenters. The summed E-state index contributed by atoms with van der Waals surface area (Å²) in [5.74, 6) is -0.0227. The zero-order chi connectivity index (χ0) is 14.4. The van der Waals surface area contributed by atoms with Crippen molar-refractivity contribution in [2.24, 2.45) is 0 Å². The molecule has 0 saturated carbocycles. The Morgan fingerprint density at radius 3 is 3.10 bits per heavy atom. The number of furan rings is 1. The topological polar surface area (TPSA) is 97.9 Å². The predicted molar refractivity (Wildman–Crippen MR) is 75.1 cm³/mol. The highest BCUT2D eigenvalue weighted by Gasteiger charge is 2.11. The van der Waals surface area contributed by atoms with E-state index in [9.17, 15) is 4.79 Å². The molecule has 2 N–H and O–H groups in total. The summed E-state index contributed by atoms with van der Waals surface area (Å²) in [5, 5.41) is 16.9. The first kappa shape index (κ1) is 14.1. The molecule has 0 spiro atoms. The number of hydrogen-bond donors (Lipinski definition) is 2. The molecule has 2 heterocycles. The number of rotatable bonds is 5. The highest BCUT2D eigenvalue weighted by molar-refractivity contribution is 7.80. The Morgan fingerprint density at radius 1 is 1.55 bits per heavy atom. The second-order valence-corrected chi connectivity index (χ2v) is 4.36. The lowest BCUT2D eigenvalue weighted by molar-refractivity contribution is 0.0950. The number of unbranched alkanes of at least 4 members (excludes halogenated alkanes) is 1. The van der Waals surface area contributed by atoms with Crippen molar-refractivity contribution >= 4 is 29.2 Å². The molecule has 0 aliphatic heterocycles. The SMILES string of the molecule is CCCCn1nnc(NC(=S)NC(=O)c2ccco2)n1. The fourth-order valence-electron chi connectivity index (χ4n) is 1.39. The molecule has 2 rings (SSSR count). The van der Waals surface area contributed by atoms with E-state index in [4.69, 9.17) is 16.6 Å². The van der Waals surface area contributed by atoms with Crippen molar-refractivity contribution in [2.45, 2.75) is 26.3 Å². The van der Waals surface area contributed by atoms with E-state index in [-0.39, 0.29) is 16.8 Å². The molecule has 0 radical (unpaired) electrons. The van der Waals surface area contributed by atoms with Gasteiger partial charge in [-0.3, -0.25) is 15.4 Å². The summed E-state index contributed by atoms with van der Waals surface area (Å²) in [7, 11) is 0. The molecule has 8 nitrogen and oxygen atoms in total. The molecule has 20 heavy (non-hydrogen) atoms. The van der Waals surface area contributed by atoms with Crippen LogP contribution < -0.4 is 10.6 Å². The van der Waals surface area contributed by atoms with Crippen LogP contribution in [0.3, 0.4) is 0 Å². The molecule has 0 bridgehead atoms. The van der Waals surface area contributed by atoms with Gasteiger partial charge < -0.3 is 4.42 Å². The molecular formula is C11H14N6O2S. The van der Waals surface area contributed by atoms with Crippen LogP contribution in [-0.2, 0) is 6.54 Å². The van der Waals surface area contributed by atoms with Gasteiger partial charge in [0.05, 0.1) is 12.8 Å². The number of carbonyl (C=O) groups is 1. The fourth-order valence-corrected chi connectivity index (χ4v) is 1.58. The molecule has 0 aliphatic rings. The summed E-state index contributed by atoms with van der Waals surface area (Å²) >= 11 is 4.98. The number of thiocarbonyl (C=S) groups is 1. The highest BCUT2D eigenvalue weighted by Crippen LogP contribution is 2.00. The van der Waals surface area contributed by atoms with Crippen molar-refractivity contribution in [3.63, 3.8) is 0 Å². The van der Waals surface area contributed by atoms with Crippen LogP contribution in [0, 0.1) is 0 Å². The fraction of sp³-hybridized carbons (Fsp3) is 0.364. The molecule has 2 aromatic heterocycles. The first-order valence-electron chi connectivity index (χ1n) is 6.12. The number of aryl methyl sites for hydroxylation is 1. The minimum absolute atomic E-state index is 0.0847. The molecule has 2 aromatic rings. The van der Waals surface area contributed by atoms with Crippen molar-refractivity contribution in [2.75, 3.05) is 5.32 Å². The Labute approximate surface area is 120 Å². The van der Waals surface area contributed by atoms with Gasteiger partial charge in [0.1, 0.15) is 0 Å². The number of tetrazole rings is 1. The lowest BCUT2D eigenvalue weighted by Crippen LogP contribution is -2.34. The van der Waals surface area contributed by atoms with Gasteiger partial charge in [0, 0.05) is 0 Å². The van der Waals surface area contributed by atoms with Crippen LogP contribution in [0.4, 0.5) is 5.95 Å². The number of carbonyl (C=O) groups excluding carboxylic acids is 1. The molecule has 106 valence electrons. The number of amides is 1. The monoisotopic (exact) mass is 294 g/mol. The van der Waals surface area contributed by atoms with Gasteiger partial charge in [0.2, 0.25) is 0 Å². The van der Waals surface area contributed by atoms with Crippen LogP contribution in [0.2, 0.25) is 0 Å². The second-order valence-electron chi connectivity index (χ2n) is 3.95. The molecule has 0 aliphatic carbocycles. The number of hydrogen-bond acceptors (Lipinski definition) is 6. The molecular weight excluding hydrogens is 280 g/mol. The summed E-state index contributed by atoms with van der Waals surface area (Å²) in [6.45, 7) is 2.77.